The number of aryl methyl sites for hydroxylation is 1. The van der Waals surface area contributed by atoms with Gasteiger partial charge in [0, 0.05) is 22.4 Å². The standard InChI is InChI=1S/C12H16N4S/c1-8-4-5-10(17-8)6-14-12-9(2)11(13-3)15-7-16-12/h4-5,7H,6H2,1-3H3,(H2,13,14,15,16). The van der Waals surface area contributed by atoms with Crippen LogP contribution in [0, 0.1) is 13.8 Å². The van der Waals surface area contributed by atoms with Crippen molar-refractivity contribution in [3.8, 4) is 0 Å². The van der Waals surface area contributed by atoms with Gasteiger partial charge in [-0.25, -0.2) is 9.97 Å². The van der Waals surface area contributed by atoms with Gasteiger partial charge in [0.15, 0.2) is 0 Å². The van der Waals surface area contributed by atoms with Crippen LogP contribution in [0.25, 0.3) is 0 Å². The Bertz CT molecular complexity index is 507. The first kappa shape index (κ1) is 11.9. The highest BCUT2D eigenvalue weighted by molar-refractivity contribution is 7.11. The van der Waals surface area contributed by atoms with Crippen molar-refractivity contribution >= 4 is 23.0 Å². The molecule has 0 aliphatic rings. The molecule has 2 aromatic heterocycles. The van der Waals surface area contributed by atoms with Gasteiger partial charge >= 0.3 is 0 Å². The van der Waals surface area contributed by atoms with Gasteiger partial charge in [0.2, 0.25) is 0 Å². The van der Waals surface area contributed by atoms with Crippen LogP contribution in [0.4, 0.5) is 11.6 Å². The van der Waals surface area contributed by atoms with Gasteiger partial charge in [-0.05, 0) is 26.0 Å². The Balaban J connectivity index is 2.09. The molecular formula is C12H16N4S. The quantitative estimate of drug-likeness (QED) is 0.873. The number of hydrogen-bond donors (Lipinski definition) is 2. The molecule has 0 spiro atoms. The van der Waals surface area contributed by atoms with Crippen LogP contribution in [0.3, 0.4) is 0 Å². The van der Waals surface area contributed by atoms with E-state index < -0.39 is 0 Å². The van der Waals surface area contributed by atoms with Gasteiger partial charge in [-0.2, -0.15) is 0 Å². The highest BCUT2D eigenvalue weighted by atomic mass is 32.1. The molecule has 0 aliphatic carbocycles. The third-order valence-electron chi connectivity index (χ3n) is 2.55. The summed E-state index contributed by atoms with van der Waals surface area (Å²) in [5.74, 6) is 1.75. The fourth-order valence-electron chi connectivity index (χ4n) is 1.63. The summed E-state index contributed by atoms with van der Waals surface area (Å²) < 4.78 is 0. The lowest BCUT2D eigenvalue weighted by atomic mass is 10.3. The zero-order valence-corrected chi connectivity index (χ0v) is 11.1. The molecule has 0 saturated carbocycles. The van der Waals surface area contributed by atoms with E-state index in [1.807, 2.05) is 14.0 Å². The van der Waals surface area contributed by atoms with E-state index in [1.54, 1.807) is 17.7 Å². The summed E-state index contributed by atoms with van der Waals surface area (Å²) >= 11 is 1.80. The number of anilines is 2. The Kier molecular flexibility index (Phi) is 3.58. The highest BCUT2D eigenvalue weighted by Gasteiger charge is 2.05. The minimum Gasteiger partial charge on any atom is -0.373 e. The second kappa shape index (κ2) is 5.14. The summed E-state index contributed by atoms with van der Waals surface area (Å²) in [6, 6.07) is 4.27. The first-order chi connectivity index (χ1) is 8.20. The van der Waals surface area contributed by atoms with Crippen LogP contribution < -0.4 is 10.6 Å². The second-order valence-corrected chi connectivity index (χ2v) is 5.18. The molecule has 0 saturated heterocycles. The van der Waals surface area contributed by atoms with Crippen molar-refractivity contribution in [2.24, 2.45) is 0 Å². The molecule has 2 heterocycles. The van der Waals surface area contributed by atoms with Crippen LogP contribution in [0.1, 0.15) is 15.3 Å². The van der Waals surface area contributed by atoms with Gasteiger partial charge < -0.3 is 10.6 Å². The van der Waals surface area contributed by atoms with Gasteiger partial charge in [-0.1, -0.05) is 0 Å². The van der Waals surface area contributed by atoms with Crippen LogP contribution in [0.5, 0.6) is 0 Å². The Hall–Kier alpha value is -1.62. The summed E-state index contributed by atoms with van der Waals surface area (Å²) in [7, 11) is 1.86. The maximum Gasteiger partial charge on any atom is 0.134 e. The molecule has 2 rings (SSSR count). The molecule has 0 unspecified atom stereocenters. The minimum absolute atomic E-state index is 0.805. The van der Waals surface area contributed by atoms with Crippen LogP contribution in [0.15, 0.2) is 18.5 Å². The van der Waals surface area contributed by atoms with Crippen molar-refractivity contribution in [1.82, 2.24) is 9.97 Å². The summed E-state index contributed by atoms with van der Waals surface area (Å²) in [6.07, 6.45) is 1.57. The van der Waals surface area contributed by atoms with Gasteiger partial charge in [0.1, 0.15) is 18.0 Å². The summed E-state index contributed by atoms with van der Waals surface area (Å²) in [5.41, 5.74) is 1.04. The maximum atomic E-state index is 4.25. The van der Waals surface area contributed by atoms with E-state index in [0.29, 0.717) is 0 Å². The predicted molar refractivity (Wildman–Crippen MR) is 72.7 cm³/mol. The number of aromatic nitrogens is 2. The number of thiophene rings is 1. The molecule has 0 amide bonds. The lowest BCUT2D eigenvalue weighted by molar-refractivity contribution is 1.07. The number of hydrogen-bond acceptors (Lipinski definition) is 5. The molecule has 17 heavy (non-hydrogen) atoms. The molecule has 2 aromatic rings. The van der Waals surface area contributed by atoms with Crippen molar-refractivity contribution < 1.29 is 0 Å². The molecule has 90 valence electrons. The van der Waals surface area contributed by atoms with E-state index in [2.05, 4.69) is 39.7 Å². The Labute approximate surface area is 105 Å². The zero-order valence-electron chi connectivity index (χ0n) is 10.2. The fraction of sp³-hybridized carbons (Fsp3) is 0.333. The van der Waals surface area contributed by atoms with Crippen LogP contribution in [0.2, 0.25) is 0 Å². The smallest absolute Gasteiger partial charge is 0.134 e. The predicted octanol–water partition coefficient (Wildman–Crippen LogP) is 2.81. The van der Waals surface area contributed by atoms with Crippen molar-refractivity contribution in [2.45, 2.75) is 20.4 Å². The van der Waals surface area contributed by atoms with Gasteiger partial charge in [0.25, 0.3) is 0 Å². The summed E-state index contributed by atoms with van der Waals surface area (Å²) in [4.78, 5) is 11.1. The van der Waals surface area contributed by atoms with Crippen LogP contribution in [-0.4, -0.2) is 17.0 Å². The maximum absolute atomic E-state index is 4.25. The molecule has 0 radical (unpaired) electrons. The highest BCUT2D eigenvalue weighted by Crippen LogP contribution is 2.20. The Morgan fingerprint density at radius 3 is 2.59 bits per heavy atom. The van der Waals surface area contributed by atoms with Crippen molar-refractivity contribution in [2.75, 3.05) is 17.7 Å². The minimum atomic E-state index is 0.805. The zero-order chi connectivity index (χ0) is 12.3. The topological polar surface area (TPSA) is 49.8 Å². The van der Waals surface area contributed by atoms with E-state index in [0.717, 1.165) is 23.7 Å². The van der Waals surface area contributed by atoms with Crippen LogP contribution >= 0.6 is 11.3 Å². The molecule has 5 heteroatoms. The number of nitrogens with one attached hydrogen (secondary N) is 2. The molecule has 0 fully saturated rings. The molecule has 0 aliphatic heterocycles. The van der Waals surface area contributed by atoms with E-state index in [9.17, 15) is 0 Å². The fourth-order valence-corrected chi connectivity index (χ4v) is 2.46. The van der Waals surface area contributed by atoms with Crippen molar-refractivity contribution in [3.05, 3.63) is 33.8 Å². The molecule has 4 nitrogen and oxygen atoms in total. The second-order valence-electron chi connectivity index (χ2n) is 3.81. The molecule has 0 bridgehead atoms. The van der Waals surface area contributed by atoms with Gasteiger partial charge in [-0.3, -0.25) is 0 Å². The van der Waals surface area contributed by atoms with E-state index in [1.165, 1.54) is 9.75 Å². The largest absolute Gasteiger partial charge is 0.373 e. The summed E-state index contributed by atoms with van der Waals surface area (Å²) in [5, 5.41) is 6.39. The molecular weight excluding hydrogens is 232 g/mol. The monoisotopic (exact) mass is 248 g/mol. The van der Waals surface area contributed by atoms with Crippen LogP contribution in [-0.2, 0) is 6.54 Å². The van der Waals surface area contributed by atoms with E-state index >= 15 is 0 Å². The van der Waals surface area contributed by atoms with E-state index in [-0.39, 0.29) is 0 Å². The normalized spacial score (nSPS) is 10.3. The third kappa shape index (κ3) is 2.74. The molecule has 2 N–H and O–H groups in total. The average Bonchev–Trinajstić information content (AvgIpc) is 2.74. The first-order valence-electron chi connectivity index (χ1n) is 5.49. The average molecular weight is 248 g/mol. The lowest BCUT2D eigenvalue weighted by Crippen LogP contribution is -2.05. The summed E-state index contributed by atoms with van der Waals surface area (Å²) in [6.45, 7) is 4.93. The van der Waals surface area contributed by atoms with Gasteiger partial charge in [-0.15, -0.1) is 11.3 Å². The van der Waals surface area contributed by atoms with Crippen molar-refractivity contribution in [1.29, 1.82) is 0 Å². The third-order valence-corrected chi connectivity index (χ3v) is 3.55. The molecule has 0 atom stereocenters. The van der Waals surface area contributed by atoms with Crippen molar-refractivity contribution in [3.63, 3.8) is 0 Å². The number of nitrogens with zero attached hydrogens (tertiary/aromatic N) is 2. The molecule has 0 aromatic carbocycles. The lowest BCUT2D eigenvalue weighted by Gasteiger charge is -2.10. The SMILES string of the molecule is CNc1ncnc(NCc2ccc(C)s2)c1C. The first-order valence-corrected chi connectivity index (χ1v) is 6.31. The van der Waals surface area contributed by atoms with E-state index in [4.69, 9.17) is 0 Å². The Morgan fingerprint density at radius 1 is 1.18 bits per heavy atom. The van der Waals surface area contributed by atoms with Gasteiger partial charge in [0.05, 0.1) is 6.54 Å². The Morgan fingerprint density at radius 2 is 1.94 bits per heavy atom. The number of rotatable bonds is 4.